The smallest absolute Gasteiger partial charge is 0.0652 e. The first kappa shape index (κ1) is 16.0. The Balaban J connectivity index is 1.80. The number of rotatable bonds is 5. The van der Waals surface area contributed by atoms with Crippen molar-refractivity contribution >= 4 is 35.3 Å². The van der Waals surface area contributed by atoms with Gasteiger partial charge in [-0.15, -0.1) is 0 Å². The molecule has 2 nitrogen and oxygen atoms in total. The first-order valence-electron chi connectivity index (χ1n) is 7.69. The lowest BCUT2D eigenvalue weighted by Crippen LogP contribution is -2.08. The van der Waals surface area contributed by atoms with Gasteiger partial charge >= 0.3 is 0 Å². The highest BCUT2D eigenvalue weighted by Gasteiger charge is 2.05. The van der Waals surface area contributed by atoms with Gasteiger partial charge in [0.1, 0.15) is 0 Å². The van der Waals surface area contributed by atoms with Crippen molar-refractivity contribution in [3.63, 3.8) is 0 Å². The summed E-state index contributed by atoms with van der Waals surface area (Å²) < 4.78 is 0. The maximum absolute atomic E-state index is 5.89. The molecule has 3 aromatic carbocycles. The van der Waals surface area contributed by atoms with Crippen LogP contribution in [-0.2, 0) is 0 Å². The summed E-state index contributed by atoms with van der Waals surface area (Å²) in [6.45, 7) is 0. The van der Waals surface area contributed by atoms with Crippen molar-refractivity contribution in [1.82, 2.24) is 0 Å². The predicted molar refractivity (Wildman–Crippen MR) is 104 cm³/mol. The summed E-state index contributed by atoms with van der Waals surface area (Å²) in [7, 11) is 0. The number of benzene rings is 3. The van der Waals surface area contributed by atoms with Crippen molar-refractivity contribution in [2.24, 2.45) is 5.10 Å². The molecule has 0 saturated heterocycles. The number of halogens is 1. The lowest BCUT2D eigenvalue weighted by atomic mass is 10.2. The van der Waals surface area contributed by atoms with E-state index >= 15 is 0 Å². The number of anilines is 2. The maximum atomic E-state index is 5.89. The second-order valence-electron chi connectivity index (χ2n) is 5.16. The maximum Gasteiger partial charge on any atom is 0.0652 e. The van der Waals surface area contributed by atoms with Crippen molar-refractivity contribution in [2.45, 2.75) is 0 Å². The molecule has 0 aliphatic heterocycles. The van der Waals surface area contributed by atoms with Gasteiger partial charge in [0.05, 0.1) is 11.4 Å². The minimum absolute atomic E-state index is 0.736. The quantitative estimate of drug-likeness (QED) is 0.402. The summed E-state index contributed by atoms with van der Waals surface area (Å²) in [4.78, 5) is 0. The van der Waals surface area contributed by atoms with E-state index in [4.69, 9.17) is 11.6 Å². The lowest BCUT2D eigenvalue weighted by Gasteiger charge is -2.18. The summed E-state index contributed by atoms with van der Waals surface area (Å²) in [6, 6.07) is 27.8. The molecule has 0 saturated carbocycles. The highest BCUT2D eigenvalue weighted by Crippen LogP contribution is 2.24. The van der Waals surface area contributed by atoms with Crippen molar-refractivity contribution in [3.05, 3.63) is 102 Å². The molecule has 3 aromatic rings. The predicted octanol–water partition coefficient (Wildman–Crippen LogP) is 6.18. The third-order valence-electron chi connectivity index (χ3n) is 3.43. The van der Waals surface area contributed by atoms with E-state index in [1.165, 1.54) is 0 Å². The summed E-state index contributed by atoms with van der Waals surface area (Å²) >= 11 is 5.89. The Hall–Kier alpha value is -2.84. The number of nitrogens with zero attached hydrogens (tertiary/aromatic N) is 2. The van der Waals surface area contributed by atoms with E-state index in [1.807, 2.05) is 102 Å². The van der Waals surface area contributed by atoms with Gasteiger partial charge in [0.25, 0.3) is 0 Å². The fourth-order valence-corrected chi connectivity index (χ4v) is 2.38. The molecule has 0 unspecified atom stereocenters. The zero-order chi connectivity index (χ0) is 16.6. The molecule has 0 aromatic heterocycles. The van der Waals surface area contributed by atoms with Crippen molar-refractivity contribution in [2.75, 3.05) is 5.01 Å². The lowest BCUT2D eigenvalue weighted by molar-refractivity contribution is 1.09. The van der Waals surface area contributed by atoms with Gasteiger partial charge in [0.15, 0.2) is 0 Å². The van der Waals surface area contributed by atoms with Crippen LogP contribution in [0.5, 0.6) is 0 Å². The Bertz CT molecular complexity index is 770. The molecule has 0 aliphatic carbocycles. The number of allylic oxidation sites excluding steroid dienone is 1. The third kappa shape index (κ3) is 4.34. The molecule has 3 rings (SSSR count). The van der Waals surface area contributed by atoms with E-state index in [-0.39, 0.29) is 0 Å². The SMILES string of the molecule is Clc1ccc(C=CC=NN(c2ccccc2)c2ccccc2)cc1. The van der Waals surface area contributed by atoms with Gasteiger partial charge in [-0.25, -0.2) is 5.01 Å². The Morgan fingerprint density at radius 3 is 1.79 bits per heavy atom. The zero-order valence-electron chi connectivity index (χ0n) is 13.1. The number of hydrogen-bond donors (Lipinski definition) is 0. The molecule has 118 valence electrons. The van der Waals surface area contributed by atoms with Crippen LogP contribution in [0.3, 0.4) is 0 Å². The first-order chi connectivity index (χ1) is 11.8. The molecule has 0 spiro atoms. The molecule has 0 N–H and O–H groups in total. The molecule has 0 heterocycles. The Morgan fingerprint density at radius 1 is 0.708 bits per heavy atom. The summed E-state index contributed by atoms with van der Waals surface area (Å²) in [5, 5.41) is 7.24. The topological polar surface area (TPSA) is 15.6 Å². The van der Waals surface area contributed by atoms with Crippen molar-refractivity contribution in [3.8, 4) is 0 Å². The van der Waals surface area contributed by atoms with Gasteiger partial charge in [0, 0.05) is 11.2 Å². The average molecular weight is 333 g/mol. The van der Waals surface area contributed by atoms with E-state index in [2.05, 4.69) is 5.10 Å². The second-order valence-corrected chi connectivity index (χ2v) is 5.59. The number of hydrogen-bond acceptors (Lipinski definition) is 2. The van der Waals surface area contributed by atoms with Gasteiger partial charge in [-0.1, -0.05) is 66.2 Å². The van der Waals surface area contributed by atoms with Crippen LogP contribution >= 0.6 is 11.6 Å². The molecule has 24 heavy (non-hydrogen) atoms. The highest BCUT2D eigenvalue weighted by atomic mass is 35.5. The normalized spacial score (nSPS) is 11.2. The summed E-state index contributed by atoms with van der Waals surface area (Å²) in [5.41, 5.74) is 3.11. The van der Waals surface area contributed by atoms with Gasteiger partial charge in [-0.05, 0) is 48.0 Å². The minimum Gasteiger partial charge on any atom is -0.234 e. The van der Waals surface area contributed by atoms with Crippen LogP contribution < -0.4 is 5.01 Å². The van der Waals surface area contributed by atoms with Crippen LogP contribution in [0.2, 0.25) is 5.02 Å². The van der Waals surface area contributed by atoms with E-state index in [1.54, 1.807) is 6.21 Å². The van der Waals surface area contributed by atoms with E-state index in [0.717, 1.165) is 22.0 Å². The van der Waals surface area contributed by atoms with Crippen LogP contribution in [0.25, 0.3) is 6.08 Å². The van der Waals surface area contributed by atoms with Crippen LogP contribution in [0.1, 0.15) is 5.56 Å². The molecule has 0 bridgehead atoms. The number of para-hydroxylation sites is 2. The van der Waals surface area contributed by atoms with Crippen LogP contribution in [0.4, 0.5) is 11.4 Å². The van der Waals surface area contributed by atoms with Crippen molar-refractivity contribution in [1.29, 1.82) is 0 Å². The highest BCUT2D eigenvalue weighted by molar-refractivity contribution is 6.30. The van der Waals surface area contributed by atoms with E-state index in [9.17, 15) is 0 Å². The van der Waals surface area contributed by atoms with Crippen LogP contribution in [0, 0.1) is 0 Å². The molecule has 3 heteroatoms. The fraction of sp³-hybridized carbons (Fsp3) is 0. The van der Waals surface area contributed by atoms with Gasteiger partial charge in [0.2, 0.25) is 0 Å². The van der Waals surface area contributed by atoms with Crippen LogP contribution in [0.15, 0.2) is 96.1 Å². The Kier molecular flexibility index (Phi) is 5.44. The molecular weight excluding hydrogens is 316 g/mol. The molecular formula is C21H17ClN2. The Labute approximate surface area is 147 Å². The van der Waals surface area contributed by atoms with Gasteiger partial charge < -0.3 is 0 Å². The zero-order valence-corrected chi connectivity index (χ0v) is 13.8. The summed E-state index contributed by atoms with van der Waals surface area (Å²) in [6.07, 6.45) is 5.70. The second kappa shape index (κ2) is 8.14. The largest absolute Gasteiger partial charge is 0.234 e. The summed E-state index contributed by atoms with van der Waals surface area (Å²) in [5.74, 6) is 0. The van der Waals surface area contributed by atoms with Gasteiger partial charge in [-0.3, -0.25) is 0 Å². The molecule has 0 aliphatic rings. The fourth-order valence-electron chi connectivity index (χ4n) is 2.25. The third-order valence-corrected chi connectivity index (χ3v) is 3.68. The first-order valence-corrected chi connectivity index (χ1v) is 8.07. The Morgan fingerprint density at radius 2 is 1.25 bits per heavy atom. The monoisotopic (exact) mass is 332 g/mol. The molecule has 0 amide bonds. The average Bonchev–Trinajstić information content (AvgIpc) is 2.65. The molecule has 0 radical (unpaired) electrons. The van der Waals surface area contributed by atoms with E-state index in [0.29, 0.717) is 0 Å². The van der Waals surface area contributed by atoms with Crippen molar-refractivity contribution < 1.29 is 0 Å². The van der Waals surface area contributed by atoms with Gasteiger partial charge in [-0.2, -0.15) is 5.10 Å². The van der Waals surface area contributed by atoms with Crippen LogP contribution in [-0.4, -0.2) is 6.21 Å². The standard InChI is InChI=1S/C21H17ClN2/c22-19-15-13-18(14-16-19)8-7-17-23-24(20-9-3-1-4-10-20)21-11-5-2-6-12-21/h1-17H. The van der Waals surface area contributed by atoms with E-state index < -0.39 is 0 Å². The number of hydrazone groups is 1. The molecule has 0 fully saturated rings. The molecule has 0 atom stereocenters. The minimum atomic E-state index is 0.736.